The van der Waals surface area contributed by atoms with Gasteiger partial charge in [-0.25, -0.2) is 5.43 Å². The molecule has 0 unspecified atom stereocenters. The minimum absolute atomic E-state index is 0.0274. The molecule has 0 aromatic heterocycles. The first-order valence-electron chi connectivity index (χ1n) is 8.27. The first-order chi connectivity index (χ1) is 11.9. The SMILES string of the molecule is COc1cc(/C=N\NC(=O)[C@@H]2[C@H]3CCCC[C@]32C)c(O)c([N+](=O)[O-])c1. The fourth-order valence-corrected chi connectivity index (χ4v) is 4.06. The van der Waals surface area contributed by atoms with Crippen molar-refractivity contribution in [2.45, 2.75) is 32.6 Å². The standard InChI is InChI=1S/C17H21N3O5/c1-17-6-4-3-5-12(17)14(17)16(22)19-18-9-10-7-11(25-2)8-13(15(10)21)20(23)24/h7-9,12,14,21H,3-6H2,1-2H3,(H,19,22)/b18-9-/t12-,14+,17-/m1/s1. The summed E-state index contributed by atoms with van der Waals surface area (Å²) in [6.07, 6.45) is 5.64. The Labute approximate surface area is 145 Å². The minimum atomic E-state index is -0.705. The topological polar surface area (TPSA) is 114 Å². The zero-order chi connectivity index (χ0) is 18.2. The average molecular weight is 347 g/mol. The molecule has 1 aromatic rings. The van der Waals surface area contributed by atoms with Crippen molar-refractivity contribution in [3.63, 3.8) is 0 Å². The zero-order valence-electron chi connectivity index (χ0n) is 14.2. The number of aromatic hydroxyl groups is 1. The predicted octanol–water partition coefficient (Wildman–Crippen LogP) is 2.59. The van der Waals surface area contributed by atoms with Crippen LogP contribution in [0.2, 0.25) is 0 Å². The van der Waals surface area contributed by atoms with E-state index in [0.717, 1.165) is 31.7 Å². The Balaban J connectivity index is 1.71. The van der Waals surface area contributed by atoms with Crippen molar-refractivity contribution in [1.29, 1.82) is 0 Å². The summed E-state index contributed by atoms with van der Waals surface area (Å²) < 4.78 is 4.99. The van der Waals surface area contributed by atoms with Gasteiger partial charge in [-0.2, -0.15) is 5.10 Å². The molecule has 1 amide bonds. The van der Waals surface area contributed by atoms with Gasteiger partial charge < -0.3 is 9.84 Å². The smallest absolute Gasteiger partial charge is 0.315 e. The van der Waals surface area contributed by atoms with E-state index in [-0.39, 0.29) is 28.6 Å². The van der Waals surface area contributed by atoms with Gasteiger partial charge >= 0.3 is 5.69 Å². The molecular weight excluding hydrogens is 326 g/mol. The van der Waals surface area contributed by atoms with Crippen LogP contribution in [0.15, 0.2) is 17.2 Å². The van der Waals surface area contributed by atoms with E-state index in [1.54, 1.807) is 0 Å². The lowest BCUT2D eigenvalue weighted by molar-refractivity contribution is -0.385. The van der Waals surface area contributed by atoms with E-state index in [1.807, 2.05) is 0 Å². The summed E-state index contributed by atoms with van der Waals surface area (Å²) in [6, 6.07) is 2.54. The predicted molar refractivity (Wildman–Crippen MR) is 90.6 cm³/mol. The minimum Gasteiger partial charge on any atom is -0.502 e. The van der Waals surface area contributed by atoms with E-state index in [1.165, 1.54) is 19.4 Å². The number of hydrazone groups is 1. The molecule has 0 aliphatic heterocycles. The van der Waals surface area contributed by atoms with Gasteiger partial charge in [0, 0.05) is 11.5 Å². The highest BCUT2D eigenvalue weighted by atomic mass is 16.6. The number of amides is 1. The molecule has 2 saturated carbocycles. The van der Waals surface area contributed by atoms with Gasteiger partial charge in [-0.05, 0) is 30.2 Å². The van der Waals surface area contributed by atoms with Gasteiger partial charge in [0.15, 0.2) is 0 Å². The summed E-state index contributed by atoms with van der Waals surface area (Å²) in [5, 5.41) is 24.8. The highest BCUT2D eigenvalue weighted by Crippen LogP contribution is 2.66. The molecule has 0 radical (unpaired) electrons. The number of hydrogen-bond donors (Lipinski definition) is 2. The number of carbonyl (C=O) groups excluding carboxylic acids is 1. The fraction of sp³-hybridized carbons (Fsp3) is 0.529. The van der Waals surface area contributed by atoms with E-state index >= 15 is 0 Å². The molecule has 2 aliphatic carbocycles. The van der Waals surface area contributed by atoms with Crippen molar-refractivity contribution in [2.75, 3.05) is 7.11 Å². The van der Waals surface area contributed by atoms with Gasteiger partial charge in [0.2, 0.25) is 11.7 Å². The van der Waals surface area contributed by atoms with E-state index in [0.29, 0.717) is 5.92 Å². The molecule has 0 spiro atoms. The summed E-state index contributed by atoms with van der Waals surface area (Å²) in [4.78, 5) is 22.6. The van der Waals surface area contributed by atoms with Crippen molar-refractivity contribution < 1.29 is 19.6 Å². The van der Waals surface area contributed by atoms with Crippen molar-refractivity contribution >= 4 is 17.8 Å². The third kappa shape index (κ3) is 3.04. The Bertz CT molecular complexity index is 748. The number of rotatable bonds is 5. The summed E-state index contributed by atoms with van der Waals surface area (Å²) in [6.45, 7) is 2.14. The van der Waals surface area contributed by atoms with E-state index in [9.17, 15) is 20.0 Å². The van der Waals surface area contributed by atoms with Gasteiger partial charge in [0.05, 0.1) is 24.3 Å². The number of nitrogens with zero attached hydrogens (tertiary/aromatic N) is 2. The molecule has 0 heterocycles. The third-order valence-corrected chi connectivity index (χ3v) is 5.52. The van der Waals surface area contributed by atoms with Crippen LogP contribution in [0.4, 0.5) is 5.69 Å². The van der Waals surface area contributed by atoms with Gasteiger partial charge in [-0.1, -0.05) is 19.8 Å². The lowest BCUT2D eigenvalue weighted by Crippen LogP contribution is -2.22. The molecular formula is C17H21N3O5. The molecule has 3 atom stereocenters. The Hall–Kier alpha value is -2.64. The Morgan fingerprint density at radius 1 is 1.52 bits per heavy atom. The van der Waals surface area contributed by atoms with Gasteiger partial charge in [-0.3, -0.25) is 14.9 Å². The quantitative estimate of drug-likeness (QED) is 0.483. The van der Waals surface area contributed by atoms with Crippen LogP contribution in [0.1, 0.15) is 38.2 Å². The van der Waals surface area contributed by atoms with Crippen LogP contribution < -0.4 is 10.2 Å². The summed E-state index contributed by atoms with van der Waals surface area (Å²) in [5.74, 6) is -0.0421. The van der Waals surface area contributed by atoms with Gasteiger partial charge in [0.25, 0.3) is 0 Å². The molecule has 1 aromatic carbocycles. The van der Waals surface area contributed by atoms with Crippen LogP contribution in [0.5, 0.6) is 11.5 Å². The number of phenolic OH excluding ortho intramolecular Hbond substituents is 1. The summed E-state index contributed by atoms with van der Waals surface area (Å²) in [5.41, 5.74) is 2.20. The second-order valence-electron chi connectivity index (χ2n) is 6.91. The molecule has 2 N–H and O–H groups in total. The van der Waals surface area contributed by atoms with Gasteiger partial charge in [-0.15, -0.1) is 0 Å². The lowest BCUT2D eigenvalue weighted by atomic mass is 9.90. The van der Waals surface area contributed by atoms with Crippen molar-refractivity contribution in [2.24, 2.45) is 22.4 Å². The average Bonchev–Trinajstić information content (AvgIpc) is 3.21. The van der Waals surface area contributed by atoms with Crippen molar-refractivity contribution in [3.8, 4) is 11.5 Å². The molecule has 0 bridgehead atoms. The lowest BCUT2D eigenvalue weighted by Gasteiger charge is -2.15. The van der Waals surface area contributed by atoms with Crippen LogP contribution >= 0.6 is 0 Å². The summed E-state index contributed by atoms with van der Waals surface area (Å²) >= 11 is 0. The highest BCUT2D eigenvalue weighted by Gasteiger charge is 2.64. The number of hydrogen-bond acceptors (Lipinski definition) is 6. The maximum Gasteiger partial charge on any atom is 0.315 e. The van der Waals surface area contributed by atoms with Crippen molar-refractivity contribution in [1.82, 2.24) is 5.43 Å². The number of ether oxygens (including phenoxy) is 1. The van der Waals surface area contributed by atoms with E-state index in [4.69, 9.17) is 4.74 Å². The Kier molecular flexibility index (Phi) is 4.36. The normalized spacial score (nSPS) is 27.6. The molecule has 3 rings (SSSR count). The monoisotopic (exact) mass is 347 g/mol. The molecule has 2 aliphatic rings. The number of methoxy groups -OCH3 is 1. The largest absolute Gasteiger partial charge is 0.502 e. The Morgan fingerprint density at radius 2 is 2.28 bits per heavy atom. The molecule has 2 fully saturated rings. The van der Waals surface area contributed by atoms with Crippen LogP contribution in [0.25, 0.3) is 0 Å². The maximum absolute atomic E-state index is 12.3. The highest BCUT2D eigenvalue weighted by molar-refractivity contribution is 5.89. The second kappa shape index (κ2) is 6.34. The number of nitrogens with one attached hydrogen (secondary N) is 1. The molecule has 25 heavy (non-hydrogen) atoms. The van der Waals surface area contributed by atoms with E-state index in [2.05, 4.69) is 17.5 Å². The third-order valence-electron chi connectivity index (χ3n) is 5.52. The molecule has 134 valence electrons. The first kappa shape index (κ1) is 17.2. The van der Waals surface area contributed by atoms with Crippen LogP contribution in [-0.4, -0.2) is 29.3 Å². The number of fused-ring (bicyclic) bond motifs is 1. The number of nitro groups is 1. The van der Waals surface area contributed by atoms with Crippen LogP contribution in [0, 0.1) is 27.4 Å². The summed E-state index contributed by atoms with van der Waals surface area (Å²) in [7, 11) is 1.37. The Morgan fingerprint density at radius 3 is 2.88 bits per heavy atom. The first-order valence-corrected chi connectivity index (χ1v) is 8.27. The van der Waals surface area contributed by atoms with Crippen LogP contribution in [0.3, 0.4) is 0 Å². The van der Waals surface area contributed by atoms with E-state index < -0.39 is 16.4 Å². The van der Waals surface area contributed by atoms with Crippen molar-refractivity contribution in [3.05, 3.63) is 27.8 Å². The number of phenols is 1. The second-order valence-corrected chi connectivity index (χ2v) is 6.91. The number of nitro benzene ring substituents is 1. The fourth-order valence-electron chi connectivity index (χ4n) is 4.06. The number of benzene rings is 1. The number of carbonyl (C=O) groups is 1. The molecule has 8 nitrogen and oxygen atoms in total. The molecule has 0 saturated heterocycles. The van der Waals surface area contributed by atoms with Crippen LogP contribution in [-0.2, 0) is 4.79 Å². The van der Waals surface area contributed by atoms with Gasteiger partial charge in [0.1, 0.15) is 5.75 Å². The molecule has 8 heteroatoms. The zero-order valence-corrected chi connectivity index (χ0v) is 14.2. The maximum atomic E-state index is 12.3.